The van der Waals surface area contributed by atoms with Crippen molar-refractivity contribution in [2.24, 2.45) is 0 Å². The molecule has 10 heteroatoms. The summed E-state index contributed by atoms with van der Waals surface area (Å²) in [6.07, 6.45) is 0.330. The number of carboxylic acid groups (broad SMARTS) is 1. The molecule has 150 valence electrons. The maximum atomic E-state index is 12.6. The van der Waals surface area contributed by atoms with E-state index in [4.69, 9.17) is 4.74 Å². The predicted molar refractivity (Wildman–Crippen MR) is 98.4 cm³/mol. The van der Waals surface area contributed by atoms with E-state index in [0.717, 1.165) is 0 Å². The summed E-state index contributed by atoms with van der Waals surface area (Å²) in [4.78, 5) is 27.1. The number of hydrogen-bond acceptors (Lipinski definition) is 5. The number of amides is 1. The van der Waals surface area contributed by atoms with Crippen LogP contribution in [0.4, 0.5) is 23.7 Å². The zero-order valence-corrected chi connectivity index (χ0v) is 15.9. The van der Waals surface area contributed by atoms with E-state index in [1.165, 1.54) is 30.5 Å². The zero-order chi connectivity index (χ0) is 21.1. The quantitative estimate of drug-likeness (QED) is 0.651. The SMILES string of the molecule is CC(C)(C)OC(=O)Nc1cc(-c2cccc(SC(F)(F)F)c2)cnc1C(=O)O. The van der Waals surface area contributed by atoms with E-state index in [-0.39, 0.29) is 22.3 Å². The van der Waals surface area contributed by atoms with Gasteiger partial charge in [-0.25, -0.2) is 14.6 Å². The molecule has 0 aliphatic heterocycles. The number of nitrogens with one attached hydrogen (secondary N) is 1. The molecule has 0 spiro atoms. The number of alkyl halides is 3. The number of aromatic nitrogens is 1. The van der Waals surface area contributed by atoms with Gasteiger partial charge >= 0.3 is 17.6 Å². The minimum absolute atomic E-state index is 0.0334. The van der Waals surface area contributed by atoms with E-state index in [2.05, 4.69) is 10.3 Å². The third-order valence-electron chi connectivity index (χ3n) is 3.13. The molecule has 0 bridgehead atoms. The normalized spacial score (nSPS) is 11.8. The highest BCUT2D eigenvalue weighted by Gasteiger charge is 2.29. The Morgan fingerprint density at radius 3 is 2.39 bits per heavy atom. The van der Waals surface area contributed by atoms with Crippen molar-refractivity contribution in [2.45, 2.75) is 36.8 Å². The average molecular weight is 414 g/mol. The Kier molecular flexibility index (Phi) is 6.23. The lowest BCUT2D eigenvalue weighted by atomic mass is 10.1. The number of ether oxygens (including phenoxy) is 1. The monoisotopic (exact) mass is 414 g/mol. The molecule has 0 aliphatic carbocycles. The molecule has 1 aromatic carbocycles. The minimum Gasteiger partial charge on any atom is -0.476 e. The fourth-order valence-corrected chi connectivity index (χ4v) is 2.77. The van der Waals surface area contributed by atoms with Gasteiger partial charge < -0.3 is 9.84 Å². The molecule has 0 saturated heterocycles. The van der Waals surface area contributed by atoms with Crippen molar-refractivity contribution in [1.29, 1.82) is 0 Å². The van der Waals surface area contributed by atoms with Crippen LogP contribution in [0.15, 0.2) is 41.4 Å². The highest BCUT2D eigenvalue weighted by atomic mass is 32.2. The number of aromatic carboxylic acids is 1. The topological polar surface area (TPSA) is 88.5 Å². The van der Waals surface area contributed by atoms with Crippen molar-refractivity contribution in [3.8, 4) is 11.1 Å². The van der Waals surface area contributed by atoms with Crippen LogP contribution in [0.1, 0.15) is 31.3 Å². The molecule has 6 nitrogen and oxygen atoms in total. The zero-order valence-electron chi connectivity index (χ0n) is 15.1. The van der Waals surface area contributed by atoms with Crippen LogP contribution in [0.25, 0.3) is 11.1 Å². The molecular weight excluding hydrogens is 397 g/mol. The lowest BCUT2D eigenvalue weighted by Gasteiger charge is -2.20. The number of anilines is 1. The van der Waals surface area contributed by atoms with Gasteiger partial charge in [0.15, 0.2) is 5.69 Å². The number of nitrogens with zero attached hydrogens (tertiary/aromatic N) is 1. The number of carboxylic acids is 1. The van der Waals surface area contributed by atoms with Gasteiger partial charge in [0.05, 0.1) is 5.69 Å². The third-order valence-corrected chi connectivity index (χ3v) is 3.85. The fraction of sp³-hybridized carbons (Fsp3) is 0.278. The number of rotatable bonds is 4. The van der Waals surface area contributed by atoms with Crippen molar-refractivity contribution in [3.63, 3.8) is 0 Å². The Hall–Kier alpha value is -2.75. The molecule has 0 atom stereocenters. The number of pyridine rings is 1. The van der Waals surface area contributed by atoms with Crippen molar-refractivity contribution in [3.05, 3.63) is 42.2 Å². The largest absolute Gasteiger partial charge is 0.476 e. The van der Waals surface area contributed by atoms with Gasteiger partial charge in [0.25, 0.3) is 0 Å². The Morgan fingerprint density at radius 2 is 1.82 bits per heavy atom. The average Bonchev–Trinajstić information content (AvgIpc) is 2.51. The van der Waals surface area contributed by atoms with E-state index in [1.54, 1.807) is 26.8 Å². The summed E-state index contributed by atoms with van der Waals surface area (Å²) in [5.41, 5.74) is -5.08. The molecule has 1 heterocycles. The van der Waals surface area contributed by atoms with Crippen LogP contribution in [0.5, 0.6) is 0 Å². The van der Waals surface area contributed by atoms with E-state index < -0.39 is 28.9 Å². The lowest BCUT2D eigenvalue weighted by molar-refractivity contribution is -0.0328. The minimum atomic E-state index is -4.44. The Balaban J connectivity index is 2.38. The highest BCUT2D eigenvalue weighted by Crippen LogP contribution is 2.38. The van der Waals surface area contributed by atoms with Gasteiger partial charge in [-0.3, -0.25) is 5.32 Å². The summed E-state index contributed by atoms with van der Waals surface area (Å²) in [7, 11) is 0. The maximum absolute atomic E-state index is 12.6. The second kappa shape index (κ2) is 8.09. The standard InChI is InChI=1S/C18H17F3N2O4S/c1-17(2,3)27-16(26)23-13-8-11(9-22-14(13)15(24)25)10-5-4-6-12(7-10)28-18(19,20)21/h4-9H,1-3H3,(H,23,26)(H,24,25). The summed E-state index contributed by atoms with van der Waals surface area (Å²) in [5, 5.41) is 11.6. The second-order valence-corrected chi connectivity index (χ2v) is 7.77. The Labute approximate surface area is 163 Å². The van der Waals surface area contributed by atoms with E-state index in [9.17, 15) is 27.9 Å². The van der Waals surface area contributed by atoms with E-state index in [0.29, 0.717) is 11.1 Å². The van der Waals surface area contributed by atoms with Crippen molar-refractivity contribution in [2.75, 3.05) is 5.32 Å². The molecule has 2 N–H and O–H groups in total. The van der Waals surface area contributed by atoms with Crippen LogP contribution in [-0.2, 0) is 4.74 Å². The fourth-order valence-electron chi connectivity index (χ4n) is 2.17. The van der Waals surface area contributed by atoms with Crippen LogP contribution in [0.2, 0.25) is 0 Å². The van der Waals surface area contributed by atoms with Gasteiger partial charge in [-0.1, -0.05) is 12.1 Å². The lowest BCUT2D eigenvalue weighted by Crippen LogP contribution is -2.28. The summed E-state index contributed by atoms with van der Waals surface area (Å²) >= 11 is -0.265. The van der Waals surface area contributed by atoms with Crippen LogP contribution >= 0.6 is 11.8 Å². The highest BCUT2D eigenvalue weighted by molar-refractivity contribution is 8.00. The van der Waals surface area contributed by atoms with Gasteiger partial charge in [0.2, 0.25) is 0 Å². The number of thioether (sulfide) groups is 1. The van der Waals surface area contributed by atoms with Crippen LogP contribution in [0.3, 0.4) is 0 Å². The van der Waals surface area contributed by atoms with Crippen LogP contribution < -0.4 is 5.32 Å². The molecular formula is C18H17F3N2O4S. The summed E-state index contributed by atoms with van der Waals surface area (Å²) in [5.74, 6) is -1.38. The second-order valence-electron chi connectivity index (χ2n) is 6.63. The molecule has 0 aliphatic rings. The molecule has 28 heavy (non-hydrogen) atoms. The van der Waals surface area contributed by atoms with Gasteiger partial charge in [-0.15, -0.1) is 0 Å². The van der Waals surface area contributed by atoms with Crippen LogP contribution in [0, 0.1) is 0 Å². The first-order valence-corrected chi connectivity index (χ1v) is 8.75. The molecule has 0 fully saturated rings. The van der Waals surface area contributed by atoms with Crippen molar-refractivity contribution >= 4 is 29.5 Å². The van der Waals surface area contributed by atoms with Crippen molar-refractivity contribution < 1.29 is 32.6 Å². The first kappa shape index (κ1) is 21.5. The van der Waals surface area contributed by atoms with Crippen LogP contribution in [-0.4, -0.2) is 33.3 Å². The number of carbonyl (C=O) groups is 2. The Bertz CT molecular complexity index is 895. The number of carbonyl (C=O) groups excluding carboxylic acids is 1. The summed E-state index contributed by atoms with van der Waals surface area (Å²) in [6.45, 7) is 4.93. The summed E-state index contributed by atoms with van der Waals surface area (Å²) < 4.78 is 42.8. The third kappa shape index (κ3) is 6.45. The van der Waals surface area contributed by atoms with Gasteiger partial charge in [0, 0.05) is 16.7 Å². The van der Waals surface area contributed by atoms with E-state index >= 15 is 0 Å². The summed E-state index contributed by atoms with van der Waals surface area (Å²) in [6, 6.07) is 6.91. The van der Waals surface area contributed by atoms with Crippen molar-refractivity contribution in [1.82, 2.24) is 4.98 Å². The molecule has 0 radical (unpaired) electrons. The van der Waals surface area contributed by atoms with Gasteiger partial charge in [-0.05, 0) is 56.3 Å². The Morgan fingerprint density at radius 1 is 1.14 bits per heavy atom. The molecule has 2 aromatic rings. The molecule has 2 rings (SSSR count). The maximum Gasteiger partial charge on any atom is 0.446 e. The number of hydrogen-bond donors (Lipinski definition) is 2. The predicted octanol–water partition coefficient (Wildman–Crippen LogP) is 5.41. The van der Waals surface area contributed by atoms with Gasteiger partial charge in [-0.2, -0.15) is 13.2 Å². The molecule has 0 unspecified atom stereocenters. The van der Waals surface area contributed by atoms with Gasteiger partial charge in [0.1, 0.15) is 5.60 Å². The number of halogens is 3. The molecule has 1 aromatic heterocycles. The van der Waals surface area contributed by atoms with E-state index in [1.807, 2.05) is 0 Å². The molecule has 0 saturated carbocycles. The smallest absolute Gasteiger partial charge is 0.446 e. The first-order chi connectivity index (χ1) is 12.8. The molecule has 1 amide bonds. The first-order valence-electron chi connectivity index (χ1n) is 7.93. The number of benzene rings is 1.